The van der Waals surface area contributed by atoms with E-state index in [9.17, 15) is 19.5 Å². The third-order valence-corrected chi connectivity index (χ3v) is 3.46. The lowest BCUT2D eigenvalue weighted by Crippen LogP contribution is -2.32. The Morgan fingerprint density at radius 2 is 1.86 bits per heavy atom. The van der Waals surface area contributed by atoms with Crippen LogP contribution in [0.15, 0.2) is 17.1 Å². The third-order valence-electron chi connectivity index (χ3n) is 3.46. The highest BCUT2D eigenvalue weighted by Crippen LogP contribution is 2.41. The number of esters is 1. The summed E-state index contributed by atoms with van der Waals surface area (Å²) in [6.45, 7) is 6.99. The van der Waals surface area contributed by atoms with Crippen LogP contribution in [0.5, 0.6) is 0 Å². The standard InChI is InChI=1S/C15H19NO5/c1-14(2,3)21-13(20)10-8-16(15(4)5-6-15)11(17)7-9(10)12(18)19/h7-8H,5-6H2,1-4H3,(H,18,19). The van der Waals surface area contributed by atoms with Gasteiger partial charge in [0.15, 0.2) is 0 Å². The molecule has 1 fully saturated rings. The van der Waals surface area contributed by atoms with E-state index in [0.29, 0.717) is 0 Å². The number of carboxylic acid groups (broad SMARTS) is 1. The van der Waals surface area contributed by atoms with Gasteiger partial charge in [0.25, 0.3) is 5.56 Å². The van der Waals surface area contributed by atoms with Gasteiger partial charge < -0.3 is 14.4 Å². The molecule has 1 aliphatic rings. The first kappa shape index (κ1) is 15.3. The summed E-state index contributed by atoms with van der Waals surface area (Å²) in [6, 6.07) is 0.991. The molecule has 0 saturated heterocycles. The second-order valence-corrected chi connectivity index (χ2v) is 6.61. The van der Waals surface area contributed by atoms with E-state index in [1.807, 2.05) is 6.92 Å². The summed E-state index contributed by atoms with van der Waals surface area (Å²) in [7, 11) is 0. The van der Waals surface area contributed by atoms with Gasteiger partial charge >= 0.3 is 11.9 Å². The number of hydrogen-bond acceptors (Lipinski definition) is 4. The zero-order chi connectivity index (χ0) is 16.0. The maximum atomic E-state index is 12.2. The molecule has 0 radical (unpaired) electrons. The Balaban J connectivity index is 2.54. The normalized spacial score (nSPS) is 16.4. The van der Waals surface area contributed by atoms with E-state index in [0.717, 1.165) is 18.9 Å². The van der Waals surface area contributed by atoms with Crippen LogP contribution in [0, 0.1) is 0 Å². The van der Waals surface area contributed by atoms with Gasteiger partial charge in [-0.05, 0) is 40.5 Å². The Kier molecular flexibility index (Phi) is 3.43. The van der Waals surface area contributed by atoms with Crippen LogP contribution in [0.1, 0.15) is 61.3 Å². The maximum Gasteiger partial charge on any atom is 0.341 e. The van der Waals surface area contributed by atoms with E-state index in [4.69, 9.17) is 4.74 Å². The number of hydrogen-bond donors (Lipinski definition) is 1. The van der Waals surface area contributed by atoms with Gasteiger partial charge in [-0.15, -0.1) is 0 Å². The van der Waals surface area contributed by atoms with Crippen molar-refractivity contribution in [3.63, 3.8) is 0 Å². The van der Waals surface area contributed by atoms with Crippen molar-refractivity contribution in [2.75, 3.05) is 0 Å². The minimum atomic E-state index is -1.32. The molecule has 21 heavy (non-hydrogen) atoms. The van der Waals surface area contributed by atoms with Gasteiger partial charge in [-0.25, -0.2) is 9.59 Å². The van der Waals surface area contributed by atoms with Crippen molar-refractivity contribution < 1.29 is 19.4 Å². The van der Waals surface area contributed by atoms with Crippen LogP contribution < -0.4 is 5.56 Å². The lowest BCUT2D eigenvalue weighted by Gasteiger charge is -2.21. The Morgan fingerprint density at radius 3 is 2.29 bits per heavy atom. The number of aromatic nitrogens is 1. The molecular formula is C15H19NO5. The molecule has 6 nitrogen and oxygen atoms in total. The number of carbonyl (C=O) groups is 2. The van der Waals surface area contributed by atoms with Gasteiger partial charge in [-0.3, -0.25) is 4.79 Å². The van der Waals surface area contributed by atoms with Crippen molar-refractivity contribution in [2.45, 2.75) is 51.7 Å². The molecule has 1 saturated carbocycles. The number of pyridine rings is 1. The molecule has 1 aliphatic carbocycles. The van der Waals surface area contributed by atoms with Gasteiger partial charge in [-0.2, -0.15) is 0 Å². The Labute approximate surface area is 122 Å². The lowest BCUT2D eigenvalue weighted by atomic mass is 10.1. The molecule has 0 spiro atoms. The minimum Gasteiger partial charge on any atom is -0.478 e. The summed E-state index contributed by atoms with van der Waals surface area (Å²) < 4.78 is 6.65. The van der Waals surface area contributed by atoms with E-state index < -0.39 is 23.1 Å². The highest BCUT2D eigenvalue weighted by molar-refractivity contribution is 6.02. The third kappa shape index (κ3) is 3.15. The zero-order valence-corrected chi connectivity index (χ0v) is 12.6. The molecule has 1 aromatic heterocycles. The summed E-state index contributed by atoms with van der Waals surface area (Å²) in [4.78, 5) is 35.5. The van der Waals surface area contributed by atoms with E-state index >= 15 is 0 Å². The Hall–Kier alpha value is -2.11. The monoisotopic (exact) mass is 293 g/mol. The molecular weight excluding hydrogens is 274 g/mol. The molecule has 114 valence electrons. The maximum absolute atomic E-state index is 12.2. The number of nitrogens with zero attached hydrogens (tertiary/aromatic N) is 1. The highest BCUT2D eigenvalue weighted by atomic mass is 16.6. The van der Waals surface area contributed by atoms with Crippen LogP contribution in [0.3, 0.4) is 0 Å². The summed E-state index contributed by atoms with van der Waals surface area (Å²) in [5.41, 5.74) is -1.90. The summed E-state index contributed by atoms with van der Waals surface area (Å²) in [5, 5.41) is 9.19. The fraction of sp³-hybridized carbons (Fsp3) is 0.533. The smallest absolute Gasteiger partial charge is 0.341 e. The van der Waals surface area contributed by atoms with Gasteiger partial charge in [0.05, 0.1) is 11.1 Å². The fourth-order valence-corrected chi connectivity index (χ4v) is 2.05. The molecule has 0 amide bonds. The van der Waals surface area contributed by atoms with Gasteiger partial charge in [0.1, 0.15) is 5.60 Å². The largest absolute Gasteiger partial charge is 0.478 e. The van der Waals surface area contributed by atoms with Crippen molar-refractivity contribution in [3.05, 3.63) is 33.7 Å². The first-order valence-electron chi connectivity index (χ1n) is 6.77. The van der Waals surface area contributed by atoms with Crippen LogP contribution in [0.25, 0.3) is 0 Å². The topological polar surface area (TPSA) is 85.6 Å². The average Bonchev–Trinajstić information content (AvgIpc) is 3.05. The molecule has 1 heterocycles. The minimum absolute atomic E-state index is 0.0925. The van der Waals surface area contributed by atoms with Crippen molar-refractivity contribution in [1.29, 1.82) is 0 Å². The molecule has 0 aliphatic heterocycles. The summed E-state index contributed by atoms with van der Waals surface area (Å²) in [5.74, 6) is -2.06. The van der Waals surface area contributed by atoms with Crippen LogP contribution in [-0.2, 0) is 10.3 Å². The number of ether oxygens (including phenoxy) is 1. The number of carbonyl (C=O) groups excluding carboxylic acids is 1. The van der Waals surface area contributed by atoms with E-state index in [1.165, 1.54) is 10.8 Å². The van der Waals surface area contributed by atoms with Crippen molar-refractivity contribution in [1.82, 2.24) is 4.57 Å². The predicted molar refractivity (Wildman–Crippen MR) is 75.7 cm³/mol. The number of carboxylic acids is 1. The van der Waals surface area contributed by atoms with Crippen molar-refractivity contribution in [3.8, 4) is 0 Å². The summed E-state index contributed by atoms with van der Waals surface area (Å²) in [6.07, 6.45) is 2.97. The first-order valence-corrected chi connectivity index (χ1v) is 6.77. The van der Waals surface area contributed by atoms with Gasteiger partial charge in [-0.1, -0.05) is 0 Å². The molecule has 0 aromatic carbocycles. The molecule has 0 bridgehead atoms. The van der Waals surface area contributed by atoms with E-state index in [-0.39, 0.29) is 16.7 Å². The number of rotatable bonds is 3. The van der Waals surface area contributed by atoms with Crippen LogP contribution in [0.4, 0.5) is 0 Å². The molecule has 1 aromatic rings. The van der Waals surface area contributed by atoms with Gasteiger partial charge in [0.2, 0.25) is 0 Å². The molecule has 0 atom stereocenters. The zero-order valence-electron chi connectivity index (χ0n) is 12.6. The first-order chi connectivity index (χ1) is 9.53. The van der Waals surface area contributed by atoms with Crippen LogP contribution in [0.2, 0.25) is 0 Å². The second-order valence-electron chi connectivity index (χ2n) is 6.61. The predicted octanol–water partition coefficient (Wildman–Crippen LogP) is 2.01. The van der Waals surface area contributed by atoms with Crippen molar-refractivity contribution in [2.24, 2.45) is 0 Å². The van der Waals surface area contributed by atoms with Crippen LogP contribution >= 0.6 is 0 Å². The average molecular weight is 293 g/mol. The van der Waals surface area contributed by atoms with Crippen molar-refractivity contribution >= 4 is 11.9 Å². The Morgan fingerprint density at radius 1 is 1.29 bits per heavy atom. The highest BCUT2D eigenvalue weighted by Gasteiger charge is 2.41. The Bertz CT molecular complexity index is 662. The fourth-order valence-electron chi connectivity index (χ4n) is 2.05. The van der Waals surface area contributed by atoms with E-state index in [2.05, 4.69) is 0 Å². The van der Waals surface area contributed by atoms with E-state index in [1.54, 1.807) is 20.8 Å². The molecule has 6 heteroatoms. The summed E-state index contributed by atoms with van der Waals surface area (Å²) >= 11 is 0. The lowest BCUT2D eigenvalue weighted by molar-refractivity contribution is 0.00646. The quantitative estimate of drug-likeness (QED) is 0.862. The molecule has 1 N–H and O–H groups in total. The SMILES string of the molecule is CC(C)(C)OC(=O)c1cn(C2(C)CC2)c(=O)cc1C(=O)O. The van der Waals surface area contributed by atoms with Gasteiger partial charge in [0, 0.05) is 17.8 Å². The molecule has 0 unspecified atom stereocenters. The number of aromatic carboxylic acids is 1. The molecule has 2 rings (SSSR count). The second kappa shape index (κ2) is 4.72. The van der Waals surface area contributed by atoms with Crippen LogP contribution in [-0.4, -0.2) is 27.2 Å².